The summed E-state index contributed by atoms with van der Waals surface area (Å²) in [5.41, 5.74) is 5.40. The van der Waals surface area contributed by atoms with E-state index in [1.807, 2.05) is 42.2 Å². The lowest BCUT2D eigenvalue weighted by Gasteiger charge is -2.36. The highest BCUT2D eigenvalue weighted by atomic mass is 19.1. The second-order valence-electron chi connectivity index (χ2n) is 8.94. The Kier molecular flexibility index (Phi) is 5.67. The van der Waals surface area contributed by atoms with E-state index in [0.29, 0.717) is 13.1 Å². The van der Waals surface area contributed by atoms with E-state index in [0.717, 1.165) is 46.6 Å². The number of amides is 2. The van der Waals surface area contributed by atoms with E-state index in [2.05, 4.69) is 11.4 Å². The van der Waals surface area contributed by atoms with Crippen molar-refractivity contribution in [3.05, 3.63) is 83.4 Å². The van der Waals surface area contributed by atoms with E-state index in [1.54, 1.807) is 12.1 Å². The van der Waals surface area contributed by atoms with Gasteiger partial charge in [0.05, 0.1) is 5.92 Å². The Hall–Kier alpha value is -3.54. The molecule has 0 bridgehead atoms. The van der Waals surface area contributed by atoms with Crippen LogP contribution in [-0.4, -0.2) is 34.8 Å². The highest BCUT2D eigenvalue weighted by Crippen LogP contribution is 2.36. The molecule has 3 aromatic rings. The molecule has 33 heavy (non-hydrogen) atoms. The second-order valence-corrected chi connectivity index (χ2v) is 8.94. The number of rotatable bonds is 3. The number of pyridine rings is 1. The summed E-state index contributed by atoms with van der Waals surface area (Å²) in [5.74, 6) is -0.703. The van der Waals surface area contributed by atoms with Crippen molar-refractivity contribution in [1.82, 2.24) is 9.88 Å². The van der Waals surface area contributed by atoms with E-state index in [-0.39, 0.29) is 30.0 Å². The van der Waals surface area contributed by atoms with Gasteiger partial charge in [0.2, 0.25) is 11.8 Å². The molecule has 2 amide bonds. The van der Waals surface area contributed by atoms with Gasteiger partial charge in [-0.1, -0.05) is 30.3 Å². The van der Waals surface area contributed by atoms with E-state index in [9.17, 15) is 14.0 Å². The molecule has 2 aromatic carbocycles. The van der Waals surface area contributed by atoms with E-state index >= 15 is 0 Å². The summed E-state index contributed by atoms with van der Waals surface area (Å²) in [5, 5.41) is 2.87. The summed E-state index contributed by atoms with van der Waals surface area (Å²) >= 11 is 0. The Morgan fingerprint density at radius 2 is 1.88 bits per heavy atom. The van der Waals surface area contributed by atoms with E-state index in [4.69, 9.17) is 4.98 Å². The van der Waals surface area contributed by atoms with Gasteiger partial charge in [0, 0.05) is 42.5 Å². The fourth-order valence-electron chi connectivity index (χ4n) is 4.98. The van der Waals surface area contributed by atoms with Gasteiger partial charge in [0.15, 0.2) is 0 Å². The van der Waals surface area contributed by atoms with Crippen molar-refractivity contribution < 1.29 is 14.0 Å². The normalized spacial score (nSPS) is 20.2. The summed E-state index contributed by atoms with van der Waals surface area (Å²) in [6.07, 6.45) is 2.01. The molecule has 0 radical (unpaired) electrons. The quantitative estimate of drug-likeness (QED) is 0.618. The molecule has 2 aliphatic heterocycles. The average Bonchev–Trinajstić information content (AvgIpc) is 2.83. The number of carbonyl (C=O) groups excluding carboxylic acids is 2. The minimum absolute atomic E-state index is 0.00779. The van der Waals surface area contributed by atoms with Crippen LogP contribution >= 0.6 is 0 Å². The lowest BCUT2D eigenvalue weighted by molar-refractivity contribution is -0.136. The number of hydrogen-bond donors (Lipinski definition) is 1. The number of carbonyl (C=O) groups is 2. The Balaban J connectivity index is 1.39. The molecule has 1 aromatic heterocycles. The first-order valence-electron chi connectivity index (χ1n) is 11.4. The number of nitrogens with one attached hydrogen (secondary N) is 1. The Labute approximate surface area is 192 Å². The van der Waals surface area contributed by atoms with Crippen LogP contribution in [0.25, 0.3) is 11.1 Å². The Morgan fingerprint density at radius 3 is 2.70 bits per heavy atom. The highest BCUT2D eigenvalue weighted by Gasteiger charge is 2.35. The monoisotopic (exact) mass is 443 g/mol. The first kappa shape index (κ1) is 21.3. The van der Waals surface area contributed by atoms with Gasteiger partial charge in [-0.25, -0.2) is 4.39 Å². The van der Waals surface area contributed by atoms with Gasteiger partial charge in [-0.2, -0.15) is 0 Å². The molecule has 2 aliphatic rings. The zero-order valence-corrected chi connectivity index (χ0v) is 18.6. The number of nitrogens with zero attached hydrogens (tertiary/aromatic N) is 2. The molecule has 1 saturated heterocycles. The predicted molar refractivity (Wildman–Crippen MR) is 125 cm³/mol. The zero-order chi connectivity index (χ0) is 22.9. The Morgan fingerprint density at radius 1 is 1.09 bits per heavy atom. The van der Waals surface area contributed by atoms with Crippen molar-refractivity contribution in [3.8, 4) is 11.1 Å². The van der Waals surface area contributed by atoms with Crippen LogP contribution in [0.5, 0.6) is 0 Å². The topological polar surface area (TPSA) is 62.3 Å². The van der Waals surface area contributed by atoms with Crippen molar-refractivity contribution in [2.75, 3.05) is 18.4 Å². The Bertz CT molecular complexity index is 1210. The molecule has 1 N–H and O–H groups in total. The highest BCUT2D eigenvalue weighted by molar-refractivity contribution is 6.01. The maximum atomic E-state index is 13.5. The fourth-order valence-corrected chi connectivity index (χ4v) is 4.98. The lowest BCUT2D eigenvalue weighted by atomic mass is 9.87. The summed E-state index contributed by atoms with van der Waals surface area (Å²) in [7, 11) is 0. The number of likely N-dealkylation sites (tertiary alicyclic amines) is 1. The number of halogens is 1. The number of para-hydroxylation sites is 1. The maximum absolute atomic E-state index is 13.5. The molecular weight excluding hydrogens is 417 g/mol. The zero-order valence-electron chi connectivity index (χ0n) is 18.6. The smallest absolute Gasteiger partial charge is 0.230 e. The maximum Gasteiger partial charge on any atom is 0.230 e. The molecule has 5 nitrogen and oxygen atoms in total. The molecule has 0 unspecified atom stereocenters. The van der Waals surface area contributed by atoms with Crippen LogP contribution in [0.2, 0.25) is 0 Å². The van der Waals surface area contributed by atoms with E-state index in [1.165, 1.54) is 12.1 Å². The summed E-state index contributed by atoms with van der Waals surface area (Å²) in [4.78, 5) is 32.4. The molecule has 6 heteroatoms. The second kappa shape index (κ2) is 8.77. The van der Waals surface area contributed by atoms with Crippen LogP contribution < -0.4 is 5.32 Å². The fraction of sp³-hybridized carbons (Fsp3) is 0.296. The predicted octanol–water partition coefficient (Wildman–Crippen LogP) is 5.03. The molecule has 0 spiro atoms. The lowest BCUT2D eigenvalue weighted by Crippen LogP contribution is -2.43. The number of benzene rings is 2. The number of piperidine rings is 1. The molecule has 0 saturated carbocycles. The van der Waals surface area contributed by atoms with Crippen LogP contribution in [0.1, 0.15) is 48.0 Å². The van der Waals surface area contributed by atoms with Crippen molar-refractivity contribution in [3.63, 3.8) is 0 Å². The molecule has 2 atom stereocenters. The number of aromatic nitrogens is 1. The van der Waals surface area contributed by atoms with Crippen molar-refractivity contribution >= 4 is 17.5 Å². The largest absolute Gasteiger partial charge is 0.341 e. The molecule has 168 valence electrons. The molecule has 3 heterocycles. The van der Waals surface area contributed by atoms with Crippen LogP contribution in [0.15, 0.2) is 60.7 Å². The third-order valence-electron chi connectivity index (χ3n) is 6.60. The third-order valence-corrected chi connectivity index (χ3v) is 6.60. The molecule has 1 fully saturated rings. The number of hydrogen-bond acceptors (Lipinski definition) is 3. The number of fused-ring (bicyclic) bond motifs is 1. The molecule has 5 rings (SSSR count). The van der Waals surface area contributed by atoms with Gasteiger partial charge in [-0.3, -0.25) is 14.6 Å². The van der Waals surface area contributed by atoms with Gasteiger partial charge < -0.3 is 10.2 Å². The van der Waals surface area contributed by atoms with Gasteiger partial charge in [-0.05, 0) is 66.8 Å². The van der Waals surface area contributed by atoms with Gasteiger partial charge in [-0.15, -0.1) is 0 Å². The van der Waals surface area contributed by atoms with Gasteiger partial charge in [0.25, 0.3) is 0 Å². The third kappa shape index (κ3) is 4.38. The van der Waals surface area contributed by atoms with Crippen molar-refractivity contribution in [1.29, 1.82) is 0 Å². The van der Waals surface area contributed by atoms with Gasteiger partial charge >= 0.3 is 0 Å². The summed E-state index contributed by atoms with van der Waals surface area (Å²) < 4.78 is 13.4. The minimum atomic E-state index is -0.450. The molecule has 0 aliphatic carbocycles. The number of aryl methyl sites for hydroxylation is 1. The van der Waals surface area contributed by atoms with Crippen LogP contribution in [0, 0.1) is 12.7 Å². The van der Waals surface area contributed by atoms with Gasteiger partial charge in [0.1, 0.15) is 5.82 Å². The first-order chi connectivity index (χ1) is 16.0. The van der Waals surface area contributed by atoms with Crippen LogP contribution in [0.4, 0.5) is 10.1 Å². The average molecular weight is 444 g/mol. The summed E-state index contributed by atoms with van der Waals surface area (Å²) in [6.45, 7) is 3.23. The standard InChI is InChI=1S/C27H26FN3O2/c1-17-13-20(18-8-10-21(28)11-9-18)14-25(29-17)19-5-4-12-31(16-19)27(33)23-15-26(32)30-24-7-3-2-6-22(23)24/h2-3,6-11,13-14,19,23H,4-5,12,15-16H2,1H3,(H,30,32)/t19-,23-/m1/s1. The van der Waals surface area contributed by atoms with Crippen LogP contribution in [-0.2, 0) is 9.59 Å². The van der Waals surface area contributed by atoms with Crippen molar-refractivity contribution in [2.45, 2.75) is 38.0 Å². The minimum Gasteiger partial charge on any atom is -0.341 e. The van der Waals surface area contributed by atoms with Crippen LogP contribution in [0.3, 0.4) is 0 Å². The molecular formula is C27H26FN3O2. The SMILES string of the molecule is Cc1cc(-c2ccc(F)cc2)cc([C@@H]2CCCN(C(=O)[C@@H]3CC(=O)Nc4ccccc43)C2)n1. The number of anilines is 1. The first-order valence-corrected chi connectivity index (χ1v) is 11.4. The van der Waals surface area contributed by atoms with Crippen molar-refractivity contribution in [2.24, 2.45) is 0 Å². The van der Waals surface area contributed by atoms with E-state index < -0.39 is 5.92 Å². The summed E-state index contributed by atoms with van der Waals surface area (Å²) in [6, 6.07) is 18.1.